The first-order valence-corrected chi connectivity index (χ1v) is 15.9. The van der Waals surface area contributed by atoms with E-state index in [1.165, 1.54) is 11.8 Å². The van der Waals surface area contributed by atoms with Crippen LogP contribution >= 0.6 is 0 Å². The van der Waals surface area contributed by atoms with E-state index >= 15 is 0 Å². The molecule has 1 aromatic heterocycles. The molecule has 0 unspecified atom stereocenters. The number of hydrogen-bond acceptors (Lipinski definition) is 8. The Morgan fingerprint density at radius 3 is 2.17 bits per heavy atom. The monoisotopic (exact) mass is 633 g/mol. The molecular formula is C34H47N7O5. The molecule has 1 aromatic carbocycles. The SMILES string of the molecule is CC(C)[C@H](NC(=O)[C@H](C)NC(=O)[C@@H](N1Cc2ccccc2C1=O)C(C)(C)C)C(=O)C(=O)NCc1ccc(N2CCN(C)CC2)nc1. The molecule has 4 rings (SSSR count). The van der Waals surface area contributed by atoms with Gasteiger partial charge in [-0.1, -0.05) is 58.9 Å². The summed E-state index contributed by atoms with van der Waals surface area (Å²) in [5.41, 5.74) is 1.52. The first-order valence-electron chi connectivity index (χ1n) is 15.9. The van der Waals surface area contributed by atoms with Crippen molar-refractivity contribution < 1.29 is 24.0 Å². The maximum Gasteiger partial charge on any atom is 0.289 e. The van der Waals surface area contributed by atoms with E-state index in [-0.39, 0.29) is 12.5 Å². The van der Waals surface area contributed by atoms with E-state index < -0.39 is 53.0 Å². The predicted molar refractivity (Wildman–Crippen MR) is 175 cm³/mol. The molecule has 12 heteroatoms. The van der Waals surface area contributed by atoms with Crippen LogP contribution in [0.2, 0.25) is 0 Å². The number of anilines is 1. The van der Waals surface area contributed by atoms with Crippen LogP contribution in [0.1, 0.15) is 63.0 Å². The molecule has 0 bridgehead atoms. The smallest absolute Gasteiger partial charge is 0.289 e. The maximum atomic E-state index is 13.6. The lowest BCUT2D eigenvalue weighted by Gasteiger charge is -2.37. The zero-order valence-electron chi connectivity index (χ0n) is 27.9. The van der Waals surface area contributed by atoms with Crippen LogP contribution in [0.4, 0.5) is 5.82 Å². The predicted octanol–water partition coefficient (Wildman–Crippen LogP) is 1.73. The van der Waals surface area contributed by atoms with Crippen molar-refractivity contribution in [2.24, 2.45) is 11.3 Å². The molecule has 0 spiro atoms. The number of aromatic nitrogens is 1. The number of Topliss-reactive ketones (excluding diaryl/α,β-unsaturated/α-hetero) is 1. The van der Waals surface area contributed by atoms with Gasteiger partial charge in [-0.2, -0.15) is 0 Å². The average molecular weight is 634 g/mol. The van der Waals surface area contributed by atoms with Gasteiger partial charge in [0.15, 0.2) is 0 Å². The third-order valence-corrected chi connectivity index (χ3v) is 8.54. The van der Waals surface area contributed by atoms with E-state index in [4.69, 9.17) is 0 Å². The van der Waals surface area contributed by atoms with Gasteiger partial charge in [-0.25, -0.2) is 4.98 Å². The highest BCUT2D eigenvalue weighted by molar-refractivity contribution is 6.38. The minimum Gasteiger partial charge on any atom is -0.354 e. The number of rotatable bonds is 11. The van der Waals surface area contributed by atoms with Gasteiger partial charge in [-0.15, -0.1) is 0 Å². The lowest BCUT2D eigenvalue weighted by Crippen LogP contribution is -2.59. The highest BCUT2D eigenvalue weighted by atomic mass is 16.2. The van der Waals surface area contributed by atoms with Gasteiger partial charge in [-0.05, 0) is 48.6 Å². The number of amides is 4. The Morgan fingerprint density at radius 2 is 1.59 bits per heavy atom. The van der Waals surface area contributed by atoms with Crippen LogP contribution < -0.4 is 20.9 Å². The van der Waals surface area contributed by atoms with Crippen molar-refractivity contribution in [2.45, 2.75) is 72.8 Å². The number of nitrogens with one attached hydrogen (secondary N) is 3. The third kappa shape index (κ3) is 8.09. The summed E-state index contributed by atoms with van der Waals surface area (Å²) in [5, 5.41) is 8.02. The van der Waals surface area contributed by atoms with Crippen LogP contribution in [0.15, 0.2) is 42.6 Å². The number of pyridine rings is 1. The second-order valence-corrected chi connectivity index (χ2v) is 13.7. The number of carbonyl (C=O) groups is 5. The van der Waals surface area contributed by atoms with Crippen LogP contribution in [-0.4, -0.2) is 95.5 Å². The molecule has 2 aliphatic heterocycles. The minimum atomic E-state index is -1.10. The van der Waals surface area contributed by atoms with Gasteiger partial charge in [0.1, 0.15) is 17.9 Å². The lowest BCUT2D eigenvalue weighted by atomic mass is 9.84. The zero-order valence-corrected chi connectivity index (χ0v) is 27.9. The molecule has 3 atom stereocenters. The molecule has 3 heterocycles. The number of hydrogen-bond donors (Lipinski definition) is 3. The van der Waals surface area contributed by atoms with E-state index in [1.807, 2.05) is 45.0 Å². The normalized spacial score (nSPS) is 17.3. The molecule has 4 amide bonds. The molecule has 3 N–H and O–H groups in total. The number of nitrogens with zero attached hydrogens (tertiary/aromatic N) is 4. The molecule has 0 radical (unpaired) electrons. The summed E-state index contributed by atoms with van der Waals surface area (Å²) in [6, 6.07) is 8.05. The Bertz CT molecular complexity index is 1440. The molecule has 248 valence electrons. The van der Waals surface area contributed by atoms with Crippen molar-refractivity contribution in [2.75, 3.05) is 38.1 Å². The van der Waals surface area contributed by atoms with Crippen LogP contribution in [0.5, 0.6) is 0 Å². The fraction of sp³-hybridized carbons (Fsp3) is 0.529. The molecule has 1 saturated heterocycles. The Kier molecular flexibility index (Phi) is 10.8. The van der Waals surface area contributed by atoms with Crippen LogP contribution in [0, 0.1) is 11.3 Å². The summed E-state index contributed by atoms with van der Waals surface area (Å²) in [5.74, 6) is -2.45. The maximum absolute atomic E-state index is 13.6. The topological polar surface area (TPSA) is 144 Å². The molecule has 12 nitrogen and oxygen atoms in total. The van der Waals surface area contributed by atoms with E-state index in [0.717, 1.165) is 43.1 Å². The molecule has 0 aliphatic carbocycles. The van der Waals surface area contributed by atoms with E-state index in [9.17, 15) is 24.0 Å². The van der Waals surface area contributed by atoms with Crippen molar-refractivity contribution in [3.63, 3.8) is 0 Å². The van der Waals surface area contributed by atoms with Gasteiger partial charge >= 0.3 is 0 Å². The van der Waals surface area contributed by atoms with Crippen LogP contribution in [0.3, 0.4) is 0 Å². The summed E-state index contributed by atoms with van der Waals surface area (Å²) in [6.07, 6.45) is 1.68. The number of ketones is 1. The summed E-state index contributed by atoms with van der Waals surface area (Å²) < 4.78 is 0. The number of benzene rings is 1. The summed E-state index contributed by atoms with van der Waals surface area (Å²) in [4.78, 5) is 76.5. The van der Waals surface area contributed by atoms with Crippen molar-refractivity contribution in [1.82, 2.24) is 30.7 Å². The van der Waals surface area contributed by atoms with Crippen molar-refractivity contribution in [3.8, 4) is 0 Å². The Morgan fingerprint density at radius 1 is 0.913 bits per heavy atom. The summed E-state index contributed by atoms with van der Waals surface area (Å²) in [7, 11) is 2.09. The highest BCUT2D eigenvalue weighted by Gasteiger charge is 2.43. The second-order valence-electron chi connectivity index (χ2n) is 13.7. The average Bonchev–Trinajstić information content (AvgIpc) is 3.33. The van der Waals surface area contributed by atoms with Gasteiger partial charge in [0.05, 0.1) is 6.04 Å². The summed E-state index contributed by atoms with van der Waals surface area (Å²) in [6.45, 7) is 14.7. The van der Waals surface area contributed by atoms with Crippen LogP contribution in [0.25, 0.3) is 0 Å². The van der Waals surface area contributed by atoms with Crippen molar-refractivity contribution >= 4 is 35.2 Å². The highest BCUT2D eigenvalue weighted by Crippen LogP contribution is 2.32. The summed E-state index contributed by atoms with van der Waals surface area (Å²) >= 11 is 0. The van der Waals surface area contributed by atoms with E-state index in [1.54, 1.807) is 32.2 Å². The molecule has 0 saturated carbocycles. The molecule has 46 heavy (non-hydrogen) atoms. The van der Waals surface area contributed by atoms with Crippen molar-refractivity contribution in [3.05, 3.63) is 59.3 Å². The first kappa shape index (κ1) is 34.6. The first-order chi connectivity index (χ1) is 21.7. The van der Waals surface area contributed by atoms with Gasteiger partial charge in [-0.3, -0.25) is 24.0 Å². The van der Waals surface area contributed by atoms with Gasteiger partial charge in [0, 0.05) is 51.0 Å². The lowest BCUT2D eigenvalue weighted by molar-refractivity contribution is -0.141. The van der Waals surface area contributed by atoms with Gasteiger partial charge in [0.25, 0.3) is 11.8 Å². The largest absolute Gasteiger partial charge is 0.354 e. The molecule has 2 aromatic rings. The molecular weight excluding hydrogens is 586 g/mol. The van der Waals surface area contributed by atoms with Gasteiger partial charge in [0.2, 0.25) is 17.6 Å². The van der Waals surface area contributed by atoms with E-state index in [0.29, 0.717) is 12.1 Å². The second kappa shape index (κ2) is 14.4. The number of piperazine rings is 1. The fourth-order valence-electron chi connectivity index (χ4n) is 5.81. The standard InChI is InChI=1S/C34H47N7O5/c1-21(2)27(28(42)31(44)36-19-23-12-13-26(35-18-23)40-16-14-39(7)15-17-40)38-30(43)22(3)37-32(45)29(34(4,5)6)41-20-24-10-8-9-11-25(24)33(41)46/h8-13,18,21-22,27,29H,14-17,19-20H2,1-7H3,(H,36,44)(H,37,45)(H,38,43)/t22-,27-,29+/m0/s1. The fourth-order valence-corrected chi connectivity index (χ4v) is 5.81. The Labute approximate surface area is 271 Å². The third-order valence-electron chi connectivity index (χ3n) is 8.54. The van der Waals surface area contributed by atoms with E-state index in [2.05, 4.69) is 37.8 Å². The number of fused-ring (bicyclic) bond motifs is 1. The van der Waals surface area contributed by atoms with Crippen LogP contribution in [-0.2, 0) is 32.3 Å². The minimum absolute atomic E-state index is 0.110. The Balaban J connectivity index is 1.33. The zero-order chi connectivity index (χ0) is 33.8. The van der Waals surface area contributed by atoms with Gasteiger partial charge < -0.3 is 30.7 Å². The van der Waals surface area contributed by atoms with Crippen molar-refractivity contribution in [1.29, 1.82) is 0 Å². The molecule has 1 fully saturated rings. The molecule has 2 aliphatic rings. The number of carbonyl (C=O) groups excluding carboxylic acids is 5. The Hall–Kier alpha value is -4.32. The number of likely N-dealkylation sites (N-methyl/N-ethyl adjacent to an activating group) is 1. The quantitative estimate of drug-likeness (QED) is 0.318.